The summed E-state index contributed by atoms with van der Waals surface area (Å²) < 4.78 is 37.9. The van der Waals surface area contributed by atoms with E-state index in [-0.39, 0.29) is 19.5 Å². The van der Waals surface area contributed by atoms with Crippen molar-refractivity contribution in [3.8, 4) is 0 Å². The average Bonchev–Trinajstić information content (AvgIpc) is 2.38. The molecule has 0 radical (unpaired) electrons. The first kappa shape index (κ1) is 12.3. The van der Waals surface area contributed by atoms with Gasteiger partial charge in [-0.15, -0.1) is 0 Å². The molecule has 1 saturated heterocycles. The number of nitrogens with zero attached hydrogens (tertiary/aromatic N) is 1. The van der Waals surface area contributed by atoms with Crippen LogP contribution in [0.3, 0.4) is 0 Å². The van der Waals surface area contributed by atoms with Crippen LogP contribution in [0.5, 0.6) is 0 Å². The van der Waals surface area contributed by atoms with Crippen LogP contribution in [0.2, 0.25) is 0 Å². The van der Waals surface area contributed by atoms with Crippen molar-refractivity contribution in [1.29, 1.82) is 0 Å². The van der Waals surface area contributed by atoms with Crippen LogP contribution in [-0.2, 0) is 4.79 Å². The summed E-state index contributed by atoms with van der Waals surface area (Å²) in [6.45, 7) is 2.76. The smallest absolute Gasteiger partial charge is 0.336 e. The van der Waals surface area contributed by atoms with E-state index >= 15 is 0 Å². The number of nitrogens with two attached hydrogens (primary N) is 1. The topological polar surface area (TPSA) is 46.3 Å². The van der Waals surface area contributed by atoms with Crippen LogP contribution < -0.4 is 5.73 Å². The van der Waals surface area contributed by atoms with Crippen molar-refractivity contribution in [2.75, 3.05) is 13.1 Å². The van der Waals surface area contributed by atoms with Crippen molar-refractivity contribution in [2.45, 2.75) is 32.0 Å². The largest absolute Gasteiger partial charge is 0.394 e. The summed E-state index contributed by atoms with van der Waals surface area (Å²) in [5.74, 6) is -1.88. The third kappa shape index (κ3) is 2.09. The molecule has 0 aromatic carbocycles. The van der Waals surface area contributed by atoms with Gasteiger partial charge in [-0.3, -0.25) is 4.79 Å². The molecule has 0 spiro atoms. The maximum atomic E-state index is 12.6. The number of halogens is 3. The minimum Gasteiger partial charge on any atom is -0.336 e. The highest BCUT2D eigenvalue weighted by molar-refractivity contribution is 5.79. The van der Waals surface area contributed by atoms with Crippen LogP contribution in [0.25, 0.3) is 0 Å². The van der Waals surface area contributed by atoms with Gasteiger partial charge in [0.15, 0.2) is 0 Å². The number of likely N-dealkylation sites (tertiary alicyclic amines) is 1. The van der Waals surface area contributed by atoms with Crippen molar-refractivity contribution < 1.29 is 18.0 Å². The highest BCUT2D eigenvalue weighted by Crippen LogP contribution is 2.44. The van der Waals surface area contributed by atoms with Gasteiger partial charge >= 0.3 is 6.18 Å². The summed E-state index contributed by atoms with van der Waals surface area (Å²) in [7, 11) is 0. The number of alkyl halides is 3. The molecule has 1 unspecified atom stereocenters. The van der Waals surface area contributed by atoms with Crippen LogP contribution >= 0.6 is 0 Å². The molecule has 3 nitrogen and oxygen atoms in total. The third-order valence-corrected chi connectivity index (χ3v) is 3.06. The molecule has 1 aliphatic heterocycles. The van der Waals surface area contributed by atoms with Gasteiger partial charge in [-0.25, -0.2) is 0 Å². The molecule has 15 heavy (non-hydrogen) atoms. The molecule has 0 aliphatic carbocycles. The first-order valence-corrected chi connectivity index (χ1v) is 4.78. The fourth-order valence-corrected chi connectivity index (χ4v) is 2.21. The predicted molar refractivity (Wildman–Crippen MR) is 49.0 cm³/mol. The molecule has 88 valence electrons. The maximum Gasteiger partial charge on any atom is 0.394 e. The first-order chi connectivity index (χ1) is 6.71. The second kappa shape index (κ2) is 3.66. The van der Waals surface area contributed by atoms with Crippen molar-refractivity contribution in [3.05, 3.63) is 0 Å². The van der Waals surface area contributed by atoms with E-state index in [0.717, 1.165) is 0 Å². The van der Waals surface area contributed by atoms with Crippen LogP contribution in [0.4, 0.5) is 13.2 Å². The molecule has 1 atom stereocenters. The zero-order chi connectivity index (χ0) is 11.9. The molecule has 1 aliphatic rings. The molecule has 1 heterocycles. The van der Waals surface area contributed by atoms with Crippen molar-refractivity contribution in [3.63, 3.8) is 0 Å². The van der Waals surface area contributed by atoms with E-state index in [2.05, 4.69) is 0 Å². The Balaban J connectivity index is 2.90. The second-order valence-electron chi connectivity index (χ2n) is 4.29. The molecular formula is C9H15F3N2O. The summed E-state index contributed by atoms with van der Waals surface area (Å²) in [5, 5.41) is 0. The lowest BCUT2D eigenvalue weighted by molar-refractivity contribution is -0.192. The minimum atomic E-state index is -4.26. The maximum absolute atomic E-state index is 12.6. The molecule has 6 heteroatoms. The van der Waals surface area contributed by atoms with Gasteiger partial charge in [-0.1, -0.05) is 0 Å². The first-order valence-electron chi connectivity index (χ1n) is 4.78. The molecule has 0 saturated carbocycles. The van der Waals surface area contributed by atoms with Gasteiger partial charge < -0.3 is 10.6 Å². The molecule has 0 bridgehead atoms. The molecule has 1 rings (SSSR count). The third-order valence-electron chi connectivity index (χ3n) is 3.06. The van der Waals surface area contributed by atoms with E-state index in [4.69, 9.17) is 5.73 Å². The molecule has 2 N–H and O–H groups in total. The van der Waals surface area contributed by atoms with Crippen molar-refractivity contribution in [1.82, 2.24) is 4.90 Å². The molecule has 0 aromatic heterocycles. The highest BCUT2D eigenvalue weighted by Gasteiger charge is 2.55. The van der Waals surface area contributed by atoms with E-state index in [1.807, 2.05) is 0 Å². The Labute approximate surface area is 86.4 Å². The SMILES string of the molecule is CC1(C)C(C(F)(F)F)CCN1C(=O)CN. The lowest BCUT2D eigenvalue weighted by Gasteiger charge is -2.36. The molecule has 1 fully saturated rings. The Kier molecular flexibility index (Phi) is 3.00. The summed E-state index contributed by atoms with van der Waals surface area (Å²) in [4.78, 5) is 12.6. The Bertz CT molecular complexity index is 263. The number of amides is 1. The Hall–Kier alpha value is -0.780. The Morgan fingerprint density at radius 1 is 1.53 bits per heavy atom. The second-order valence-corrected chi connectivity index (χ2v) is 4.29. The quantitative estimate of drug-likeness (QED) is 0.725. The van der Waals surface area contributed by atoms with Gasteiger partial charge in [0.25, 0.3) is 0 Å². The standard InChI is InChI=1S/C9H15F3N2O/c1-8(2)6(9(10,11)12)3-4-14(8)7(15)5-13/h6H,3-5,13H2,1-2H3. The van der Waals surface area contributed by atoms with Crippen molar-refractivity contribution >= 4 is 5.91 Å². The van der Waals surface area contributed by atoms with E-state index in [9.17, 15) is 18.0 Å². The summed E-state index contributed by atoms with van der Waals surface area (Å²) in [6, 6.07) is 0. The molecular weight excluding hydrogens is 209 g/mol. The van der Waals surface area contributed by atoms with Crippen molar-refractivity contribution in [2.24, 2.45) is 11.7 Å². The number of rotatable bonds is 1. The summed E-state index contributed by atoms with van der Waals surface area (Å²) in [6.07, 6.45) is -4.30. The van der Waals surface area contributed by atoms with Gasteiger partial charge in [-0.2, -0.15) is 13.2 Å². The van der Waals surface area contributed by atoms with E-state index in [0.29, 0.717) is 0 Å². The summed E-state index contributed by atoms with van der Waals surface area (Å²) >= 11 is 0. The highest BCUT2D eigenvalue weighted by atomic mass is 19.4. The van der Waals surface area contributed by atoms with Crippen LogP contribution in [0.15, 0.2) is 0 Å². The monoisotopic (exact) mass is 224 g/mol. The zero-order valence-electron chi connectivity index (χ0n) is 8.77. The van der Waals surface area contributed by atoms with Gasteiger partial charge in [0.2, 0.25) is 5.91 Å². The molecule has 0 aromatic rings. The zero-order valence-corrected chi connectivity index (χ0v) is 8.77. The number of hydrogen-bond acceptors (Lipinski definition) is 2. The van der Waals surface area contributed by atoms with Gasteiger partial charge in [0.05, 0.1) is 12.5 Å². The van der Waals surface area contributed by atoms with E-state index in [1.54, 1.807) is 0 Å². The summed E-state index contributed by atoms with van der Waals surface area (Å²) in [5.41, 5.74) is 3.97. The number of carbonyl (C=O) groups excluding carboxylic acids is 1. The lowest BCUT2D eigenvalue weighted by Crippen LogP contribution is -2.51. The number of carbonyl (C=O) groups is 1. The average molecular weight is 224 g/mol. The fraction of sp³-hybridized carbons (Fsp3) is 0.889. The van der Waals surface area contributed by atoms with Gasteiger partial charge in [0.1, 0.15) is 0 Å². The van der Waals surface area contributed by atoms with Gasteiger partial charge in [0, 0.05) is 12.1 Å². The van der Waals surface area contributed by atoms with E-state index in [1.165, 1.54) is 18.7 Å². The Morgan fingerprint density at radius 2 is 2.07 bits per heavy atom. The normalized spacial score (nSPS) is 25.7. The van der Waals surface area contributed by atoms with Crippen LogP contribution in [0, 0.1) is 5.92 Å². The fourth-order valence-electron chi connectivity index (χ4n) is 2.21. The van der Waals surface area contributed by atoms with Gasteiger partial charge in [-0.05, 0) is 20.3 Å². The van der Waals surface area contributed by atoms with E-state index < -0.39 is 23.5 Å². The minimum absolute atomic E-state index is 0.0394. The molecule has 1 amide bonds. The van der Waals surface area contributed by atoms with Crippen LogP contribution in [0.1, 0.15) is 20.3 Å². The van der Waals surface area contributed by atoms with Crippen LogP contribution in [-0.4, -0.2) is 35.6 Å². The lowest BCUT2D eigenvalue weighted by atomic mass is 9.88. The number of hydrogen-bond donors (Lipinski definition) is 1. The Morgan fingerprint density at radius 3 is 2.40 bits per heavy atom. The predicted octanol–water partition coefficient (Wildman–Crippen LogP) is 1.13.